The first kappa shape index (κ1) is 17.0. The summed E-state index contributed by atoms with van der Waals surface area (Å²) < 4.78 is 0. The predicted octanol–water partition coefficient (Wildman–Crippen LogP) is 4.49. The molecule has 2 N–H and O–H groups in total. The number of hydrogen-bond donors (Lipinski definition) is 2. The number of hydrogen-bond acceptors (Lipinski definition) is 3. The third kappa shape index (κ3) is 4.82. The highest BCUT2D eigenvalue weighted by Crippen LogP contribution is 2.25. The minimum Gasteiger partial charge on any atom is -0.336 e. The van der Waals surface area contributed by atoms with Gasteiger partial charge in [-0.15, -0.1) is 0 Å². The lowest BCUT2D eigenvalue weighted by Crippen LogP contribution is -2.40. The first-order valence-corrected chi connectivity index (χ1v) is 9.63. The van der Waals surface area contributed by atoms with E-state index < -0.39 is 0 Å². The Morgan fingerprint density at radius 2 is 1.83 bits per heavy atom. The number of amides is 2. The molecule has 5 heteroatoms. The fraction of sp³-hybridized carbons (Fsp3) is 0.421. The van der Waals surface area contributed by atoms with Crippen LogP contribution >= 0.6 is 11.3 Å². The number of nitrogens with one attached hydrogen (secondary N) is 2. The van der Waals surface area contributed by atoms with E-state index in [0.29, 0.717) is 6.54 Å². The Labute approximate surface area is 147 Å². The van der Waals surface area contributed by atoms with Crippen LogP contribution in [-0.2, 0) is 0 Å². The third-order valence-electron chi connectivity index (χ3n) is 4.50. The second-order valence-electron chi connectivity index (χ2n) is 6.22. The van der Waals surface area contributed by atoms with Crippen molar-refractivity contribution in [3.8, 4) is 0 Å². The van der Waals surface area contributed by atoms with E-state index in [2.05, 4.69) is 32.4 Å². The molecule has 2 amide bonds. The van der Waals surface area contributed by atoms with E-state index in [4.69, 9.17) is 0 Å². The summed E-state index contributed by atoms with van der Waals surface area (Å²) in [4.78, 5) is 14.7. The van der Waals surface area contributed by atoms with Crippen LogP contribution in [0, 0.1) is 0 Å². The number of carbonyl (C=O) groups excluding carboxylic acids is 1. The molecule has 128 valence electrons. The van der Waals surface area contributed by atoms with Crippen LogP contribution in [0.25, 0.3) is 0 Å². The molecule has 1 atom stereocenters. The largest absolute Gasteiger partial charge is 0.336 e. The average Bonchev–Trinajstić information content (AvgIpc) is 2.99. The average molecular weight is 343 g/mol. The van der Waals surface area contributed by atoms with Crippen molar-refractivity contribution in [1.29, 1.82) is 0 Å². The highest BCUT2D eigenvalue weighted by molar-refractivity contribution is 7.07. The molecule has 0 aliphatic carbocycles. The summed E-state index contributed by atoms with van der Waals surface area (Å²) in [6.07, 6.45) is 5.12. The smallest absolute Gasteiger partial charge is 0.319 e. The van der Waals surface area contributed by atoms with Crippen molar-refractivity contribution in [3.63, 3.8) is 0 Å². The molecule has 1 aromatic heterocycles. The summed E-state index contributed by atoms with van der Waals surface area (Å²) >= 11 is 1.72. The molecule has 2 aromatic rings. The Morgan fingerprint density at radius 3 is 2.50 bits per heavy atom. The predicted molar refractivity (Wildman–Crippen MR) is 101 cm³/mol. The van der Waals surface area contributed by atoms with Crippen molar-refractivity contribution in [3.05, 3.63) is 52.7 Å². The van der Waals surface area contributed by atoms with Crippen LogP contribution in [0.4, 0.5) is 10.5 Å². The zero-order chi connectivity index (χ0) is 16.6. The molecule has 2 heterocycles. The molecular weight excluding hydrogens is 318 g/mol. The first-order chi connectivity index (χ1) is 11.8. The lowest BCUT2D eigenvalue weighted by atomic mass is 10.1. The Bertz CT molecular complexity index is 607. The number of rotatable bonds is 5. The van der Waals surface area contributed by atoms with Gasteiger partial charge < -0.3 is 10.6 Å². The highest BCUT2D eigenvalue weighted by Gasteiger charge is 2.22. The van der Waals surface area contributed by atoms with E-state index in [-0.39, 0.29) is 12.1 Å². The minimum atomic E-state index is -0.142. The number of nitrogens with zero attached hydrogens (tertiary/aromatic N) is 1. The van der Waals surface area contributed by atoms with Gasteiger partial charge in [-0.1, -0.05) is 31.0 Å². The van der Waals surface area contributed by atoms with Crippen LogP contribution in [0.5, 0.6) is 0 Å². The third-order valence-corrected chi connectivity index (χ3v) is 5.20. The van der Waals surface area contributed by atoms with E-state index in [1.807, 2.05) is 30.3 Å². The van der Waals surface area contributed by atoms with Gasteiger partial charge in [0.25, 0.3) is 0 Å². The van der Waals surface area contributed by atoms with E-state index in [1.165, 1.54) is 31.2 Å². The van der Waals surface area contributed by atoms with Crippen molar-refractivity contribution < 1.29 is 4.79 Å². The summed E-state index contributed by atoms with van der Waals surface area (Å²) in [5.74, 6) is 0. The van der Waals surface area contributed by atoms with Crippen LogP contribution in [0.2, 0.25) is 0 Å². The van der Waals surface area contributed by atoms with E-state index in [9.17, 15) is 4.79 Å². The SMILES string of the molecule is O=C(NCC(c1ccsc1)N1CCCCCC1)Nc1ccccc1. The summed E-state index contributed by atoms with van der Waals surface area (Å²) in [5.41, 5.74) is 2.12. The van der Waals surface area contributed by atoms with Gasteiger partial charge in [-0.3, -0.25) is 4.90 Å². The standard InChI is InChI=1S/C19H25N3OS/c23-19(21-17-8-4-3-5-9-17)20-14-18(16-10-13-24-15-16)22-11-6-1-2-7-12-22/h3-5,8-10,13,15,18H,1-2,6-7,11-12,14H2,(H2,20,21,23). The van der Waals surface area contributed by atoms with Crippen LogP contribution < -0.4 is 10.6 Å². The van der Waals surface area contributed by atoms with E-state index in [0.717, 1.165) is 18.8 Å². The van der Waals surface area contributed by atoms with Crippen LogP contribution in [0.15, 0.2) is 47.2 Å². The molecular formula is C19H25N3OS. The second-order valence-corrected chi connectivity index (χ2v) is 7.00. The van der Waals surface area contributed by atoms with Crippen molar-refractivity contribution in [1.82, 2.24) is 10.2 Å². The second kappa shape index (κ2) is 8.85. The maximum atomic E-state index is 12.2. The Kier molecular flexibility index (Phi) is 6.26. The van der Waals surface area contributed by atoms with Crippen LogP contribution in [0.3, 0.4) is 0 Å². The topological polar surface area (TPSA) is 44.4 Å². The maximum Gasteiger partial charge on any atom is 0.319 e. The molecule has 3 rings (SSSR count). The van der Waals surface area contributed by atoms with Gasteiger partial charge in [0.15, 0.2) is 0 Å². The number of para-hydroxylation sites is 1. The van der Waals surface area contributed by atoms with E-state index in [1.54, 1.807) is 11.3 Å². The molecule has 0 spiro atoms. The van der Waals surface area contributed by atoms with Crippen LogP contribution in [0.1, 0.15) is 37.3 Å². The molecule has 1 unspecified atom stereocenters. The van der Waals surface area contributed by atoms with Crippen molar-refractivity contribution >= 4 is 23.1 Å². The van der Waals surface area contributed by atoms with Gasteiger partial charge in [-0.05, 0) is 60.5 Å². The lowest BCUT2D eigenvalue weighted by Gasteiger charge is -2.30. The highest BCUT2D eigenvalue weighted by atomic mass is 32.1. The summed E-state index contributed by atoms with van der Waals surface area (Å²) in [6.45, 7) is 2.86. The number of benzene rings is 1. The van der Waals surface area contributed by atoms with Crippen molar-refractivity contribution in [2.45, 2.75) is 31.7 Å². The molecule has 24 heavy (non-hydrogen) atoms. The molecule has 1 saturated heterocycles. The zero-order valence-electron chi connectivity index (χ0n) is 13.9. The van der Waals surface area contributed by atoms with Gasteiger partial charge in [0, 0.05) is 12.2 Å². The van der Waals surface area contributed by atoms with Crippen molar-refractivity contribution in [2.24, 2.45) is 0 Å². The van der Waals surface area contributed by atoms with Gasteiger partial charge in [0.05, 0.1) is 6.04 Å². The molecule has 1 fully saturated rings. The molecule has 1 aromatic carbocycles. The molecule has 0 saturated carbocycles. The van der Waals surface area contributed by atoms with Gasteiger partial charge in [0.1, 0.15) is 0 Å². The summed E-state index contributed by atoms with van der Waals surface area (Å²) in [6, 6.07) is 11.9. The summed E-state index contributed by atoms with van der Waals surface area (Å²) in [7, 11) is 0. The van der Waals surface area contributed by atoms with Crippen LogP contribution in [-0.4, -0.2) is 30.6 Å². The molecule has 0 radical (unpaired) electrons. The van der Waals surface area contributed by atoms with E-state index >= 15 is 0 Å². The van der Waals surface area contributed by atoms with Gasteiger partial charge in [-0.2, -0.15) is 11.3 Å². The van der Waals surface area contributed by atoms with Gasteiger partial charge >= 0.3 is 6.03 Å². The fourth-order valence-electron chi connectivity index (χ4n) is 3.22. The minimum absolute atomic E-state index is 0.142. The fourth-order valence-corrected chi connectivity index (χ4v) is 3.92. The number of urea groups is 1. The molecule has 4 nitrogen and oxygen atoms in total. The number of thiophene rings is 1. The zero-order valence-corrected chi connectivity index (χ0v) is 14.7. The Balaban J connectivity index is 1.60. The monoisotopic (exact) mass is 343 g/mol. The van der Waals surface area contributed by atoms with Crippen molar-refractivity contribution in [2.75, 3.05) is 25.0 Å². The maximum absolute atomic E-state index is 12.2. The normalized spacial score (nSPS) is 17.0. The quantitative estimate of drug-likeness (QED) is 0.840. The molecule has 1 aliphatic heterocycles. The summed E-state index contributed by atoms with van der Waals surface area (Å²) in [5, 5.41) is 10.3. The van der Waals surface area contributed by atoms with Gasteiger partial charge in [0.2, 0.25) is 0 Å². The van der Waals surface area contributed by atoms with Gasteiger partial charge in [-0.25, -0.2) is 4.79 Å². The number of anilines is 1. The Hall–Kier alpha value is -1.85. The first-order valence-electron chi connectivity index (χ1n) is 8.69. The lowest BCUT2D eigenvalue weighted by molar-refractivity contribution is 0.199. The number of carbonyl (C=O) groups is 1. The molecule has 0 bridgehead atoms. The number of likely N-dealkylation sites (tertiary alicyclic amines) is 1. The molecule has 1 aliphatic rings. The Morgan fingerprint density at radius 1 is 1.08 bits per heavy atom.